The van der Waals surface area contributed by atoms with Gasteiger partial charge in [-0.2, -0.15) is 0 Å². The van der Waals surface area contributed by atoms with Gasteiger partial charge >= 0.3 is 5.97 Å². The number of nitrogens with one attached hydrogen (secondary N) is 1. The van der Waals surface area contributed by atoms with Gasteiger partial charge in [-0.15, -0.1) is 0 Å². The molecule has 0 aromatic heterocycles. The van der Waals surface area contributed by atoms with Gasteiger partial charge in [-0.3, -0.25) is 9.59 Å². The average molecular weight is 1010 g/mol. The molecule has 0 aliphatic rings. The maximum atomic E-state index is 12.4. The summed E-state index contributed by atoms with van der Waals surface area (Å²) >= 11 is 0. The minimum absolute atomic E-state index is 0.00283. The van der Waals surface area contributed by atoms with Crippen LogP contribution in [0, 0.1) is 0 Å². The highest BCUT2D eigenvalue weighted by Gasteiger charge is 2.18. The lowest BCUT2D eigenvalue weighted by Crippen LogP contribution is -2.45. The molecule has 6 heteroatoms. The first-order valence-corrected chi connectivity index (χ1v) is 31.9. The van der Waals surface area contributed by atoms with Gasteiger partial charge in [0.15, 0.2) is 0 Å². The fourth-order valence-corrected chi connectivity index (χ4v) is 9.65. The molecule has 0 fully saturated rings. The highest BCUT2D eigenvalue weighted by atomic mass is 16.5. The first-order chi connectivity index (χ1) is 35.5. The van der Waals surface area contributed by atoms with Crippen LogP contribution in [0.25, 0.3) is 0 Å². The summed E-state index contributed by atoms with van der Waals surface area (Å²) in [4.78, 5) is 24.4. The Morgan fingerprint density at radius 1 is 0.389 bits per heavy atom. The van der Waals surface area contributed by atoms with E-state index in [4.69, 9.17) is 4.74 Å². The van der Waals surface area contributed by atoms with Crippen LogP contribution in [0.15, 0.2) is 48.6 Å². The number of ether oxygens (including phenoxy) is 1. The first-order valence-electron chi connectivity index (χ1n) is 31.9. The SMILES string of the molecule is CCCC/C=C\C/C=C\CCCCCCCC(=O)OCCCCCCCCCCCCCC/C=C\CCCCCCCCCCCCCCCCCCC(=O)NC(CO)C(O)/C=C/CCCCCCCCC. The molecule has 0 aliphatic carbocycles. The first kappa shape index (κ1) is 69.8. The molecule has 0 heterocycles. The molecule has 0 aliphatic heterocycles. The number of allylic oxidation sites excluding steroid dienone is 7. The monoisotopic (exact) mass is 1010 g/mol. The number of amides is 1. The molecule has 1 amide bonds. The Morgan fingerprint density at radius 2 is 0.708 bits per heavy atom. The van der Waals surface area contributed by atoms with Crippen molar-refractivity contribution in [1.82, 2.24) is 5.32 Å². The van der Waals surface area contributed by atoms with Crippen LogP contribution in [-0.2, 0) is 14.3 Å². The maximum Gasteiger partial charge on any atom is 0.305 e. The van der Waals surface area contributed by atoms with E-state index in [9.17, 15) is 19.8 Å². The molecule has 0 aromatic rings. The Kier molecular flexibility index (Phi) is 59.5. The molecule has 2 unspecified atom stereocenters. The van der Waals surface area contributed by atoms with E-state index in [1.807, 2.05) is 6.08 Å². The molecule has 0 aromatic carbocycles. The third-order valence-electron chi connectivity index (χ3n) is 14.6. The molecular formula is C66H123NO5. The van der Waals surface area contributed by atoms with Gasteiger partial charge in [-0.25, -0.2) is 0 Å². The van der Waals surface area contributed by atoms with E-state index in [1.165, 1.54) is 257 Å². The van der Waals surface area contributed by atoms with Crippen LogP contribution in [0.3, 0.4) is 0 Å². The van der Waals surface area contributed by atoms with Gasteiger partial charge in [-0.1, -0.05) is 287 Å². The fourth-order valence-electron chi connectivity index (χ4n) is 9.65. The van der Waals surface area contributed by atoms with Crippen molar-refractivity contribution >= 4 is 11.9 Å². The second kappa shape index (κ2) is 61.4. The smallest absolute Gasteiger partial charge is 0.305 e. The lowest BCUT2D eigenvalue weighted by molar-refractivity contribution is -0.143. The average Bonchev–Trinajstić information content (AvgIpc) is 3.38. The quantitative estimate of drug-likeness (QED) is 0.0320. The van der Waals surface area contributed by atoms with Gasteiger partial charge < -0.3 is 20.3 Å². The molecule has 0 rings (SSSR count). The number of aliphatic hydroxyl groups excluding tert-OH is 2. The van der Waals surface area contributed by atoms with Crippen LogP contribution in [0.5, 0.6) is 0 Å². The summed E-state index contributed by atoms with van der Waals surface area (Å²) in [5.74, 6) is -0.0650. The van der Waals surface area contributed by atoms with E-state index in [2.05, 4.69) is 55.6 Å². The fraction of sp³-hybridized carbons (Fsp3) is 0.848. The van der Waals surface area contributed by atoms with Crippen molar-refractivity contribution in [2.75, 3.05) is 13.2 Å². The Balaban J connectivity index is 3.34. The molecule has 422 valence electrons. The van der Waals surface area contributed by atoms with Gasteiger partial charge in [0.1, 0.15) is 0 Å². The normalized spacial score (nSPS) is 12.9. The standard InChI is InChI=1S/C66H123NO5/c1-3-5-7-9-11-13-14-15-37-40-44-48-52-56-60-66(71)72-61-57-53-49-45-41-38-35-33-31-29-27-25-23-21-19-17-16-18-20-22-24-26-28-30-32-34-36-39-43-47-51-55-59-65(70)67-63(62-68)64(69)58-54-50-46-42-12-10-8-6-4-2/h9,11,14-15,19,21,54,58,63-64,68-69H,3-8,10,12-13,16-18,20,22-53,55-57,59-62H2,1-2H3,(H,67,70)/b11-9-,15-14-,21-19-,58-54+. The highest BCUT2D eigenvalue weighted by Crippen LogP contribution is 2.17. The van der Waals surface area contributed by atoms with E-state index in [1.54, 1.807) is 6.08 Å². The molecule has 3 N–H and O–H groups in total. The molecule has 0 spiro atoms. The number of aliphatic hydroxyl groups is 2. The van der Waals surface area contributed by atoms with E-state index in [0.29, 0.717) is 19.4 Å². The van der Waals surface area contributed by atoms with Crippen molar-refractivity contribution in [3.63, 3.8) is 0 Å². The molecule has 6 nitrogen and oxygen atoms in total. The Morgan fingerprint density at radius 3 is 1.11 bits per heavy atom. The molecule has 0 saturated heterocycles. The van der Waals surface area contributed by atoms with Crippen molar-refractivity contribution in [2.24, 2.45) is 0 Å². The zero-order valence-corrected chi connectivity index (χ0v) is 48.2. The van der Waals surface area contributed by atoms with Crippen LogP contribution >= 0.6 is 0 Å². The molecule has 0 radical (unpaired) electrons. The van der Waals surface area contributed by atoms with Crippen molar-refractivity contribution in [1.29, 1.82) is 0 Å². The molecule has 0 bridgehead atoms. The van der Waals surface area contributed by atoms with Gasteiger partial charge in [0, 0.05) is 12.8 Å². The second-order valence-electron chi connectivity index (χ2n) is 21.7. The van der Waals surface area contributed by atoms with Crippen molar-refractivity contribution in [2.45, 2.75) is 347 Å². The molecule has 2 atom stereocenters. The number of esters is 1. The topological polar surface area (TPSA) is 95.9 Å². The zero-order valence-electron chi connectivity index (χ0n) is 48.2. The summed E-state index contributed by atoms with van der Waals surface area (Å²) < 4.78 is 5.48. The number of rotatable bonds is 59. The van der Waals surface area contributed by atoms with Gasteiger partial charge in [0.05, 0.1) is 25.4 Å². The Hall–Kier alpha value is -2.18. The predicted molar refractivity (Wildman–Crippen MR) is 315 cm³/mol. The molecular weight excluding hydrogens is 887 g/mol. The zero-order chi connectivity index (χ0) is 52.2. The lowest BCUT2D eigenvalue weighted by atomic mass is 10.0. The van der Waals surface area contributed by atoms with Crippen molar-refractivity contribution in [3.8, 4) is 0 Å². The van der Waals surface area contributed by atoms with Crippen LogP contribution in [0.2, 0.25) is 0 Å². The largest absolute Gasteiger partial charge is 0.466 e. The summed E-state index contributed by atoms with van der Waals surface area (Å²) in [5, 5.41) is 23.0. The summed E-state index contributed by atoms with van der Waals surface area (Å²) in [7, 11) is 0. The van der Waals surface area contributed by atoms with E-state index < -0.39 is 12.1 Å². The number of unbranched alkanes of at least 4 members (excludes halogenated alkanes) is 42. The minimum Gasteiger partial charge on any atom is -0.466 e. The highest BCUT2D eigenvalue weighted by molar-refractivity contribution is 5.76. The number of hydrogen-bond donors (Lipinski definition) is 3. The number of carbonyl (C=O) groups excluding carboxylic acids is 2. The predicted octanol–water partition coefficient (Wildman–Crippen LogP) is 20.1. The summed E-state index contributed by atoms with van der Waals surface area (Å²) in [6, 6.07) is -0.624. The third kappa shape index (κ3) is 57.1. The van der Waals surface area contributed by atoms with Gasteiger partial charge in [0.2, 0.25) is 5.91 Å². The van der Waals surface area contributed by atoms with Crippen LogP contribution in [0.4, 0.5) is 0 Å². The summed E-state index contributed by atoms with van der Waals surface area (Å²) in [5.41, 5.74) is 0. The van der Waals surface area contributed by atoms with E-state index in [0.717, 1.165) is 51.4 Å². The van der Waals surface area contributed by atoms with Gasteiger partial charge in [-0.05, 0) is 83.5 Å². The Bertz CT molecular complexity index is 1210. The third-order valence-corrected chi connectivity index (χ3v) is 14.6. The lowest BCUT2D eigenvalue weighted by Gasteiger charge is -2.20. The van der Waals surface area contributed by atoms with Crippen LogP contribution in [-0.4, -0.2) is 47.4 Å². The Labute approximate surface area is 448 Å². The maximum absolute atomic E-state index is 12.4. The van der Waals surface area contributed by atoms with E-state index >= 15 is 0 Å². The van der Waals surface area contributed by atoms with Crippen molar-refractivity contribution < 1.29 is 24.5 Å². The van der Waals surface area contributed by atoms with E-state index in [-0.39, 0.29) is 18.5 Å². The second-order valence-corrected chi connectivity index (χ2v) is 21.7. The van der Waals surface area contributed by atoms with Gasteiger partial charge in [0.25, 0.3) is 0 Å². The van der Waals surface area contributed by atoms with Crippen LogP contribution in [0.1, 0.15) is 335 Å². The van der Waals surface area contributed by atoms with Crippen LogP contribution < -0.4 is 5.32 Å². The number of hydrogen-bond acceptors (Lipinski definition) is 5. The summed E-state index contributed by atoms with van der Waals surface area (Å²) in [6.45, 7) is 4.84. The number of carbonyl (C=O) groups is 2. The summed E-state index contributed by atoms with van der Waals surface area (Å²) in [6.07, 6.45) is 79.0. The molecule has 0 saturated carbocycles. The minimum atomic E-state index is -0.840. The van der Waals surface area contributed by atoms with Crippen molar-refractivity contribution in [3.05, 3.63) is 48.6 Å². The molecule has 72 heavy (non-hydrogen) atoms.